The van der Waals surface area contributed by atoms with Crippen LogP contribution in [0.4, 0.5) is 0 Å². The molecule has 0 saturated carbocycles. The van der Waals surface area contributed by atoms with E-state index >= 15 is 0 Å². The highest BCUT2D eigenvalue weighted by Crippen LogP contribution is 2.42. The summed E-state index contributed by atoms with van der Waals surface area (Å²) in [6, 6.07) is 12.4. The van der Waals surface area contributed by atoms with Crippen LogP contribution >= 0.6 is 70.4 Å². The first-order valence-corrected chi connectivity index (χ1v) is 10.5. The molecule has 0 saturated heterocycles. The second-order valence-electron chi connectivity index (χ2n) is 5.40. The van der Waals surface area contributed by atoms with Crippen molar-refractivity contribution in [1.82, 2.24) is 9.55 Å². The van der Waals surface area contributed by atoms with Crippen molar-refractivity contribution in [3.8, 4) is 5.75 Å². The van der Waals surface area contributed by atoms with Crippen LogP contribution in [0.2, 0.25) is 15.1 Å². The van der Waals surface area contributed by atoms with Crippen molar-refractivity contribution in [2.75, 3.05) is 0 Å². The van der Waals surface area contributed by atoms with Gasteiger partial charge in [-0.1, -0.05) is 70.3 Å². The van der Waals surface area contributed by atoms with E-state index in [1.807, 2.05) is 24.3 Å². The first kappa shape index (κ1) is 20.8. The molecule has 3 aromatic rings. The molecule has 0 bridgehead atoms. The Morgan fingerprint density at radius 3 is 2.44 bits per heavy atom. The Morgan fingerprint density at radius 1 is 1.07 bits per heavy atom. The summed E-state index contributed by atoms with van der Waals surface area (Å²) >= 11 is 31.4. The molecule has 1 aromatic heterocycles. The lowest BCUT2D eigenvalue weighted by Crippen LogP contribution is -2.13. The number of aromatic nitrogens is 2. The minimum atomic E-state index is -0.436. The monoisotopic (exact) mass is 476 g/mol. The molecule has 2 aromatic carbocycles. The van der Waals surface area contributed by atoms with Gasteiger partial charge in [-0.05, 0) is 42.0 Å². The van der Waals surface area contributed by atoms with Crippen molar-refractivity contribution in [2.24, 2.45) is 0 Å². The summed E-state index contributed by atoms with van der Waals surface area (Å²) < 4.78 is 7.84. The van der Waals surface area contributed by atoms with Crippen molar-refractivity contribution in [3.05, 3.63) is 81.8 Å². The second-order valence-corrected chi connectivity index (χ2v) is 8.84. The highest BCUT2D eigenvalue weighted by atomic mass is 35.5. The van der Waals surface area contributed by atoms with Gasteiger partial charge in [0.2, 0.25) is 4.38 Å². The fourth-order valence-electron chi connectivity index (χ4n) is 2.27. The van der Waals surface area contributed by atoms with Gasteiger partial charge in [0, 0.05) is 23.5 Å². The summed E-state index contributed by atoms with van der Waals surface area (Å²) in [4.78, 5) is 4.06. The van der Waals surface area contributed by atoms with E-state index in [1.165, 1.54) is 11.8 Å². The van der Waals surface area contributed by atoms with Crippen LogP contribution in [0, 0.1) is 0 Å². The summed E-state index contributed by atoms with van der Waals surface area (Å²) in [5, 5.41) is 1.26. The molecule has 2 atom stereocenters. The molecule has 0 fully saturated rings. The Balaban J connectivity index is 1.80. The number of thioether (sulfide) groups is 1. The van der Waals surface area contributed by atoms with Crippen molar-refractivity contribution >= 4 is 74.8 Å². The van der Waals surface area contributed by atoms with E-state index in [0.29, 0.717) is 25.2 Å². The third kappa shape index (κ3) is 5.53. The van der Waals surface area contributed by atoms with E-state index in [4.69, 9.17) is 63.4 Å². The zero-order valence-electron chi connectivity index (χ0n) is 13.6. The maximum absolute atomic E-state index is 6.70. The smallest absolute Gasteiger partial charge is 0.226 e. The number of imidazole rings is 1. The van der Waals surface area contributed by atoms with Gasteiger partial charge in [-0.2, -0.15) is 0 Å². The van der Waals surface area contributed by atoms with Crippen LogP contribution in [-0.4, -0.2) is 13.9 Å². The number of alkyl halides is 1. The predicted octanol–water partition coefficient (Wildman–Crippen LogP) is 7.42. The average Bonchev–Trinajstić information content (AvgIpc) is 3.18. The van der Waals surface area contributed by atoms with Crippen LogP contribution in [0.15, 0.2) is 61.2 Å². The lowest BCUT2D eigenvalue weighted by molar-refractivity contribution is 0.577. The van der Waals surface area contributed by atoms with Gasteiger partial charge in [0.05, 0.1) is 21.6 Å². The van der Waals surface area contributed by atoms with E-state index in [1.54, 1.807) is 41.5 Å². The number of ether oxygens (including phenoxy) is 1. The molecular formula is C18H12Cl4N2OS2. The van der Waals surface area contributed by atoms with Gasteiger partial charge in [0.25, 0.3) is 0 Å². The maximum atomic E-state index is 6.70. The molecule has 0 aliphatic heterocycles. The van der Waals surface area contributed by atoms with Gasteiger partial charge in [-0.25, -0.2) is 4.98 Å². The summed E-state index contributed by atoms with van der Waals surface area (Å²) in [5.74, 6) is 0.505. The number of halogens is 4. The Hall–Kier alpha value is -0.950. The predicted molar refractivity (Wildman–Crippen MR) is 119 cm³/mol. The summed E-state index contributed by atoms with van der Waals surface area (Å²) in [6.45, 7) is 0. The van der Waals surface area contributed by atoms with Gasteiger partial charge >= 0.3 is 0 Å². The molecule has 3 rings (SSSR count). The second kappa shape index (κ2) is 9.50. The zero-order chi connectivity index (χ0) is 19.4. The lowest BCUT2D eigenvalue weighted by atomic mass is 10.1. The number of hydrogen-bond donors (Lipinski definition) is 0. The standard InChI is InChI=1S/C18H12Cl4N2OS2/c19-12-3-1-11(2-4-12)16(17(22)24-8-7-23-10-24)27-18(26)25-13-5-6-14(20)15(21)9-13/h1-10,16-17H. The quantitative estimate of drug-likeness (QED) is 0.282. The highest BCUT2D eigenvalue weighted by molar-refractivity contribution is 8.22. The number of hydrogen-bond acceptors (Lipinski definition) is 4. The molecule has 0 aliphatic rings. The molecule has 2 unspecified atom stereocenters. The molecule has 0 radical (unpaired) electrons. The minimum Gasteiger partial charge on any atom is -0.440 e. The van der Waals surface area contributed by atoms with Crippen molar-refractivity contribution in [1.29, 1.82) is 0 Å². The SMILES string of the molecule is S=C(Oc1ccc(Cl)c(Cl)c1)SC(c1ccc(Cl)cc1)C(Cl)n1ccnc1. The molecule has 27 heavy (non-hydrogen) atoms. The molecule has 140 valence electrons. The van der Waals surface area contributed by atoms with E-state index in [9.17, 15) is 0 Å². The molecular weight excluding hydrogens is 466 g/mol. The Bertz CT molecular complexity index is 920. The fraction of sp³-hybridized carbons (Fsp3) is 0.111. The molecule has 0 spiro atoms. The van der Waals surface area contributed by atoms with E-state index in [2.05, 4.69) is 4.98 Å². The first-order valence-electron chi connectivity index (χ1n) is 7.64. The third-order valence-electron chi connectivity index (χ3n) is 3.57. The fourth-order valence-corrected chi connectivity index (χ4v) is 4.41. The summed E-state index contributed by atoms with van der Waals surface area (Å²) in [6.07, 6.45) is 5.12. The Kier molecular flexibility index (Phi) is 7.31. The van der Waals surface area contributed by atoms with Gasteiger partial charge in [-0.3, -0.25) is 0 Å². The number of thiocarbonyl (C=S) groups is 1. The average molecular weight is 478 g/mol. The highest BCUT2D eigenvalue weighted by Gasteiger charge is 2.26. The van der Waals surface area contributed by atoms with Gasteiger partial charge < -0.3 is 9.30 Å². The molecule has 9 heteroatoms. The first-order chi connectivity index (χ1) is 12.9. The van der Waals surface area contributed by atoms with Crippen molar-refractivity contribution in [2.45, 2.75) is 10.8 Å². The minimum absolute atomic E-state index is 0.228. The third-order valence-corrected chi connectivity index (χ3v) is 6.62. The van der Waals surface area contributed by atoms with Crippen LogP contribution in [0.1, 0.15) is 16.3 Å². The van der Waals surface area contributed by atoms with Crippen LogP contribution in [0.3, 0.4) is 0 Å². The molecule has 0 amide bonds. The Morgan fingerprint density at radius 2 is 1.81 bits per heavy atom. The molecule has 0 aliphatic carbocycles. The molecule has 0 N–H and O–H groups in total. The van der Waals surface area contributed by atoms with E-state index < -0.39 is 5.50 Å². The zero-order valence-corrected chi connectivity index (χ0v) is 18.2. The molecule has 3 nitrogen and oxygen atoms in total. The Labute approximate surface area is 186 Å². The number of benzene rings is 2. The summed E-state index contributed by atoms with van der Waals surface area (Å²) in [7, 11) is 0. The number of rotatable bonds is 5. The van der Waals surface area contributed by atoms with Crippen LogP contribution < -0.4 is 4.74 Å². The number of nitrogens with zero attached hydrogens (tertiary/aromatic N) is 2. The normalized spacial score (nSPS) is 13.2. The lowest BCUT2D eigenvalue weighted by Gasteiger charge is -2.23. The largest absolute Gasteiger partial charge is 0.440 e. The van der Waals surface area contributed by atoms with Gasteiger partial charge in [0.15, 0.2) is 0 Å². The van der Waals surface area contributed by atoms with E-state index in [0.717, 1.165) is 5.56 Å². The molecule has 1 heterocycles. The van der Waals surface area contributed by atoms with Gasteiger partial charge in [-0.15, -0.1) is 0 Å². The van der Waals surface area contributed by atoms with Crippen LogP contribution in [0.5, 0.6) is 5.75 Å². The van der Waals surface area contributed by atoms with Crippen molar-refractivity contribution in [3.63, 3.8) is 0 Å². The van der Waals surface area contributed by atoms with Crippen molar-refractivity contribution < 1.29 is 4.74 Å². The van der Waals surface area contributed by atoms with Crippen LogP contribution in [-0.2, 0) is 0 Å². The maximum Gasteiger partial charge on any atom is 0.226 e. The topological polar surface area (TPSA) is 27.1 Å². The van der Waals surface area contributed by atoms with Gasteiger partial charge in [0.1, 0.15) is 11.3 Å². The summed E-state index contributed by atoms with van der Waals surface area (Å²) in [5.41, 5.74) is 0.521. The van der Waals surface area contributed by atoms with Crippen LogP contribution in [0.25, 0.3) is 0 Å². The van der Waals surface area contributed by atoms with E-state index in [-0.39, 0.29) is 5.25 Å².